The van der Waals surface area contributed by atoms with Gasteiger partial charge < -0.3 is 0 Å². The van der Waals surface area contributed by atoms with Crippen LogP contribution in [0, 0.1) is 0 Å². The highest BCUT2D eigenvalue weighted by atomic mass is 32.2. The van der Waals surface area contributed by atoms with Crippen LogP contribution >= 0.6 is 11.3 Å². The van der Waals surface area contributed by atoms with Gasteiger partial charge in [-0.3, -0.25) is 9.69 Å². The minimum Gasteiger partial charge on any atom is -0.286 e. The molecular formula is C17H13F7N2O3S2. The number of carbonyl (C=O) groups is 1. The molecule has 2 aromatic heterocycles. The van der Waals surface area contributed by atoms with Gasteiger partial charge in [-0.25, -0.2) is 22.2 Å². The summed E-state index contributed by atoms with van der Waals surface area (Å²) in [5.74, 6) is -10.7. The zero-order valence-electron chi connectivity index (χ0n) is 15.7. The number of rotatable bonds is 5. The third kappa shape index (κ3) is 3.90. The van der Waals surface area contributed by atoms with Gasteiger partial charge in [-0.1, -0.05) is 6.92 Å². The van der Waals surface area contributed by atoms with Gasteiger partial charge in [0.25, 0.3) is 11.8 Å². The summed E-state index contributed by atoms with van der Waals surface area (Å²) >= 11 is -0.0696. The number of fused-ring (bicyclic) bond motifs is 1. The molecule has 3 heterocycles. The molecule has 0 bridgehead atoms. The standard InChI is InChI=1S/C17H13F7N2O3S2/c1-3-31(28,29)10-5-9(15(2,18)19)6-25-13(10)26-7-8-4-11(30-12(8)14(26)27)16(20,21)17(22,23)24/h4-6H,3,7H2,1-2H3. The molecule has 31 heavy (non-hydrogen) atoms. The summed E-state index contributed by atoms with van der Waals surface area (Å²) in [6, 6.07) is 1.19. The summed E-state index contributed by atoms with van der Waals surface area (Å²) in [4.78, 5) is 14.6. The van der Waals surface area contributed by atoms with Gasteiger partial charge in [0.05, 0.1) is 22.1 Å². The molecule has 0 saturated carbocycles. The van der Waals surface area contributed by atoms with Crippen LogP contribution in [0.4, 0.5) is 36.6 Å². The van der Waals surface area contributed by atoms with E-state index in [9.17, 15) is 43.9 Å². The SMILES string of the molecule is CCS(=O)(=O)c1cc(C(C)(F)F)cnc1N1Cc2cc(C(F)(F)C(F)(F)F)sc2C1=O. The first-order valence-electron chi connectivity index (χ1n) is 8.51. The van der Waals surface area contributed by atoms with E-state index in [0.29, 0.717) is 25.3 Å². The van der Waals surface area contributed by atoms with Crippen molar-refractivity contribution in [3.63, 3.8) is 0 Å². The van der Waals surface area contributed by atoms with E-state index in [4.69, 9.17) is 0 Å². The third-order valence-corrected chi connectivity index (χ3v) is 7.52. The molecule has 0 unspecified atom stereocenters. The van der Waals surface area contributed by atoms with E-state index >= 15 is 0 Å². The number of amides is 1. The van der Waals surface area contributed by atoms with Crippen LogP contribution in [0.2, 0.25) is 0 Å². The van der Waals surface area contributed by atoms with Crippen LogP contribution in [0.1, 0.15) is 39.5 Å². The molecule has 170 valence electrons. The fourth-order valence-corrected chi connectivity index (χ4v) is 5.00. The molecule has 1 aliphatic heterocycles. The van der Waals surface area contributed by atoms with Crippen molar-refractivity contribution in [3.05, 3.63) is 39.2 Å². The fourth-order valence-electron chi connectivity index (χ4n) is 2.82. The van der Waals surface area contributed by atoms with Gasteiger partial charge >= 0.3 is 12.1 Å². The van der Waals surface area contributed by atoms with Gasteiger partial charge in [-0.15, -0.1) is 11.3 Å². The first kappa shape index (κ1) is 23.4. The largest absolute Gasteiger partial charge is 0.458 e. The number of hydrogen-bond acceptors (Lipinski definition) is 5. The zero-order valence-corrected chi connectivity index (χ0v) is 17.4. The van der Waals surface area contributed by atoms with Gasteiger partial charge in [-0.2, -0.15) is 22.0 Å². The first-order chi connectivity index (χ1) is 14.0. The Bertz CT molecular complexity index is 1150. The number of hydrogen-bond donors (Lipinski definition) is 0. The van der Waals surface area contributed by atoms with Crippen molar-refractivity contribution >= 4 is 32.9 Å². The van der Waals surface area contributed by atoms with E-state index in [1.165, 1.54) is 6.92 Å². The number of anilines is 1. The highest BCUT2D eigenvalue weighted by Gasteiger charge is 2.60. The Labute approximate surface area is 175 Å². The van der Waals surface area contributed by atoms with Crippen molar-refractivity contribution in [2.75, 3.05) is 10.7 Å². The molecule has 0 radical (unpaired) electrons. The molecular weight excluding hydrogens is 477 g/mol. The molecule has 0 aliphatic carbocycles. The number of thiophene rings is 1. The van der Waals surface area contributed by atoms with Crippen LogP contribution in [0.25, 0.3) is 0 Å². The highest BCUT2D eigenvalue weighted by molar-refractivity contribution is 7.91. The van der Waals surface area contributed by atoms with Crippen LogP contribution in [0.3, 0.4) is 0 Å². The Morgan fingerprint density at radius 2 is 1.74 bits per heavy atom. The van der Waals surface area contributed by atoms with Crippen LogP contribution in [-0.2, 0) is 28.2 Å². The van der Waals surface area contributed by atoms with Gasteiger partial charge in [0.2, 0.25) is 0 Å². The summed E-state index contributed by atoms with van der Waals surface area (Å²) in [6.07, 6.45) is -5.19. The average Bonchev–Trinajstić information content (AvgIpc) is 3.19. The summed E-state index contributed by atoms with van der Waals surface area (Å²) in [6.45, 7) is 1.22. The van der Waals surface area contributed by atoms with E-state index < -0.39 is 72.1 Å². The zero-order chi connectivity index (χ0) is 23.6. The lowest BCUT2D eigenvalue weighted by molar-refractivity contribution is -0.287. The molecule has 14 heteroatoms. The number of alkyl halides is 7. The fraction of sp³-hybridized carbons (Fsp3) is 0.412. The molecule has 0 aromatic carbocycles. The molecule has 1 aliphatic rings. The molecule has 0 N–H and O–H groups in total. The van der Waals surface area contributed by atoms with Gasteiger partial charge in [-0.05, 0) is 17.7 Å². The van der Waals surface area contributed by atoms with Crippen molar-refractivity contribution in [2.24, 2.45) is 0 Å². The van der Waals surface area contributed by atoms with Crippen LogP contribution in [-0.4, -0.2) is 31.2 Å². The summed E-state index contributed by atoms with van der Waals surface area (Å²) < 4.78 is 117. The Morgan fingerprint density at radius 1 is 1.13 bits per heavy atom. The number of nitrogens with zero attached hydrogens (tertiary/aromatic N) is 2. The average molecular weight is 490 g/mol. The second-order valence-electron chi connectivity index (χ2n) is 6.77. The summed E-state index contributed by atoms with van der Waals surface area (Å²) in [5, 5.41) is 0. The maximum absolute atomic E-state index is 13.7. The van der Waals surface area contributed by atoms with E-state index in [2.05, 4.69) is 4.98 Å². The quantitative estimate of drug-likeness (QED) is 0.562. The Hall–Kier alpha value is -2.22. The first-order valence-corrected chi connectivity index (χ1v) is 11.0. The second kappa shape index (κ2) is 7.15. The third-order valence-electron chi connectivity index (χ3n) is 4.55. The van der Waals surface area contributed by atoms with Crippen molar-refractivity contribution in [1.29, 1.82) is 0 Å². The lowest BCUT2D eigenvalue weighted by Crippen LogP contribution is -2.33. The van der Waals surface area contributed by atoms with E-state index in [-0.39, 0.29) is 16.9 Å². The van der Waals surface area contributed by atoms with Crippen molar-refractivity contribution < 1.29 is 43.9 Å². The lowest BCUT2D eigenvalue weighted by atomic mass is 10.2. The molecule has 5 nitrogen and oxygen atoms in total. The topological polar surface area (TPSA) is 67.3 Å². The van der Waals surface area contributed by atoms with Crippen molar-refractivity contribution in [2.45, 2.75) is 43.3 Å². The minimum absolute atomic E-state index is 0.0696. The lowest BCUT2D eigenvalue weighted by Gasteiger charge is -2.21. The predicted molar refractivity (Wildman–Crippen MR) is 96.3 cm³/mol. The molecule has 0 saturated heterocycles. The molecule has 0 atom stereocenters. The van der Waals surface area contributed by atoms with E-state index in [1.54, 1.807) is 0 Å². The van der Waals surface area contributed by atoms with Gasteiger partial charge in [0, 0.05) is 18.7 Å². The minimum atomic E-state index is -5.86. The van der Waals surface area contributed by atoms with Crippen molar-refractivity contribution in [3.8, 4) is 0 Å². The maximum Gasteiger partial charge on any atom is 0.458 e. The molecule has 2 aromatic rings. The second-order valence-corrected chi connectivity index (χ2v) is 10.1. The van der Waals surface area contributed by atoms with E-state index in [1.807, 2.05) is 0 Å². The van der Waals surface area contributed by atoms with E-state index in [0.717, 1.165) is 4.90 Å². The highest BCUT2D eigenvalue weighted by Crippen LogP contribution is 2.48. The molecule has 3 rings (SSSR count). The van der Waals surface area contributed by atoms with Gasteiger partial charge in [0.15, 0.2) is 15.7 Å². The normalized spacial score (nSPS) is 15.5. The molecule has 0 fully saturated rings. The Morgan fingerprint density at radius 3 is 2.23 bits per heavy atom. The number of halogens is 7. The number of sulfone groups is 1. The van der Waals surface area contributed by atoms with Crippen LogP contribution in [0.15, 0.2) is 23.2 Å². The number of aromatic nitrogens is 1. The monoisotopic (exact) mass is 490 g/mol. The maximum atomic E-state index is 13.7. The van der Waals surface area contributed by atoms with Gasteiger partial charge in [0.1, 0.15) is 4.90 Å². The summed E-state index contributed by atoms with van der Waals surface area (Å²) in [7, 11) is -4.15. The Kier molecular flexibility index (Phi) is 5.41. The summed E-state index contributed by atoms with van der Waals surface area (Å²) in [5.41, 5.74) is -0.905. The molecule has 1 amide bonds. The molecule has 0 spiro atoms. The number of pyridine rings is 1. The van der Waals surface area contributed by atoms with Crippen LogP contribution in [0.5, 0.6) is 0 Å². The smallest absolute Gasteiger partial charge is 0.286 e. The number of carbonyl (C=O) groups excluding carboxylic acids is 1. The van der Waals surface area contributed by atoms with Crippen molar-refractivity contribution in [1.82, 2.24) is 4.98 Å². The predicted octanol–water partition coefficient (Wildman–Crippen LogP) is 4.86. The van der Waals surface area contributed by atoms with Crippen LogP contribution < -0.4 is 4.90 Å². The Balaban J connectivity index is 2.07.